The monoisotopic (exact) mass is 447 g/mol. The van der Waals surface area contributed by atoms with Crippen molar-refractivity contribution in [2.24, 2.45) is 0 Å². The van der Waals surface area contributed by atoms with Crippen molar-refractivity contribution in [3.63, 3.8) is 0 Å². The molecule has 2 aliphatic rings. The van der Waals surface area contributed by atoms with Crippen LogP contribution in [-0.2, 0) is 19.4 Å². The molecule has 1 saturated heterocycles. The third kappa shape index (κ3) is 3.43. The number of fused-ring (bicyclic) bond motifs is 4. The van der Waals surface area contributed by atoms with E-state index in [0.717, 1.165) is 47.7 Å². The molecule has 1 amide bonds. The summed E-state index contributed by atoms with van der Waals surface area (Å²) in [5.74, 6) is 0.105. The third-order valence-electron chi connectivity index (χ3n) is 6.75. The minimum Gasteiger partial charge on any atom is -0.358 e. The lowest BCUT2D eigenvalue weighted by atomic mass is 9.95. The van der Waals surface area contributed by atoms with E-state index in [4.69, 9.17) is 0 Å². The largest absolute Gasteiger partial charge is 0.358 e. The number of hydrogen-bond donors (Lipinski definition) is 1. The molecule has 6 rings (SSSR count). The molecular weight excluding hydrogens is 422 g/mol. The smallest absolute Gasteiger partial charge is 0.258 e. The van der Waals surface area contributed by atoms with E-state index in [0.29, 0.717) is 19.6 Å². The molecule has 8 heteroatoms. The summed E-state index contributed by atoms with van der Waals surface area (Å²) in [6, 6.07) is 7.71. The van der Waals surface area contributed by atoms with Gasteiger partial charge in [0.25, 0.3) is 11.5 Å². The van der Waals surface area contributed by atoms with Crippen molar-refractivity contribution in [3.8, 4) is 0 Å². The minimum atomic E-state index is -0.0394. The highest BCUT2D eigenvalue weighted by Gasteiger charge is 2.24. The summed E-state index contributed by atoms with van der Waals surface area (Å²) >= 11 is 1.47. The Morgan fingerprint density at radius 2 is 1.94 bits per heavy atom. The number of piperazine rings is 1. The van der Waals surface area contributed by atoms with Gasteiger partial charge in [0.1, 0.15) is 0 Å². The number of carbonyl (C=O) groups excluding carboxylic acids is 1. The second-order valence-electron chi connectivity index (χ2n) is 8.76. The Balaban J connectivity index is 1.14. The number of rotatable bonds is 3. The molecule has 0 unspecified atom stereocenters. The Labute approximate surface area is 189 Å². The zero-order valence-corrected chi connectivity index (χ0v) is 18.7. The first-order valence-corrected chi connectivity index (χ1v) is 12.1. The lowest BCUT2D eigenvalue weighted by Gasteiger charge is -2.34. The topological polar surface area (TPSA) is 73.7 Å². The molecule has 32 heavy (non-hydrogen) atoms. The fraction of sp³-hybridized carbons (Fsp3) is 0.375. The summed E-state index contributed by atoms with van der Waals surface area (Å²) in [7, 11) is 0. The quantitative estimate of drug-likeness (QED) is 0.524. The fourth-order valence-corrected chi connectivity index (χ4v) is 5.77. The van der Waals surface area contributed by atoms with Crippen LogP contribution in [-0.4, -0.2) is 56.3 Å². The van der Waals surface area contributed by atoms with Gasteiger partial charge in [0.05, 0.1) is 5.69 Å². The van der Waals surface area contributed by atoms with E-state index in [2.05, 4.69) is 27.0 Å². The van der Waals surface area contributed by atoms with Crippen LogP contribution in [0.25, 0.3) is 15.9 Å². The van der Waals surface area contributed by atoms with Crippen LogP contribution in [0.3, 0.4) is 0 Å². The number of amides is 1. The second-order valence-corrected chi connectivity index (χ2v) is 9.63. The first-order chi connectivity index (χ1) is 15.7. The number of hydrogen-bond acceptors (Lipinski definition) is 5. The van der Waals surface area contributed by atoms with Gasteiger partial charge in [-0.3, -0.25) is 18.9 Å². The van der Waals surface area contributed by atoms with E-state index in [1.54, 1.807) is 16.7 Å². The number of aryl methyl sites for hydroxylation is 2. The van der Waals surface area contributed by atoms with Gasteiger partial charge >= 0.3 is 0 Å². The molecule has 4 heterocycles. The van der Waals surface area contributed by atoms with Gasteiger partial charge in [-0.1, -0.05) is 0 Å². The zero-order chi connectivity index (χ0) is 21.7. The Morgan fingerprint density at radius 3 is 2.81 bits per heavy atom. The van der Waals surface area contributed by atoms with Crippen LogP contribution in [0.4, 0.5) is 0 Å². The van der Waals surface area contributed by atoms with Crippen LogP contribution in [0, 0.1) is 0 Å². The van der Waals surface area contributed by atoms with E-state index in [1.807, 2.05) is 16.3 Å². The van der Waals surface area contributed by atoms with Gasteiger partial charge in [0.15, 0.2) is 4.96 Å². The minimum absolute atomic E-state index is 0.0394. The van der Waals surface area contributed by atoms with Crippen molar-refractivity contribution in [1.29, 1.82) is 0 Å². The predicted octanol–water partition coefficient (Wildman–Crippen LogP) is 3.07. The number of benzene rings is 1. The molecule has 164 valence electrons. The molecule has 7 nitrogen and oxygen atoms in total. The SMILES string of the molecule is O=C(c1ccc2[nH]c3c(c2c1)CCCC3)N1CCN(Cc2cc(=O)n3ccsc3n2)CC1. The lowest BCUT2D eigenvalue weighted by Crippen LogP contribution is -2.48. The van der Waals surface area contributed by atoms with Crippen molar-refractivity contribution in [2.45, 2.75) is 32.2 Å². The predicted molar refractivity (Wildman–Crippen MR) is 125 cm³/mol. The maximum absolute atomic E-state index is 13.2. The van der Waals surface area contributed by atoms with Crippen LogP contribution < -0.4 is 5.56 Å². The molecule has 1 aliphatic carbocycles. The normalized spacial score (nSPS) is 17.2. The molecule has 1 aliphatic heterocycles. The highest BCUT2D eigenvalue weighted by atomic mass is 32.1. The Kier molecular flexibility index (Phi) is 4.84. The van der Waals surface area contributed by atoms with Gasteiger partial charge < -0.3 is 9.88 Å². The molecule has 0 atom stereocenters. The van der Waals surface area contributed by atoms with Crippen molar-refractivity contribution >= 4 is 33.1 Å². The Bertz CT molecular complexity index is 1380. The highest BCUT2D eigenvalue weighted by Crippen LogP contribution is 2.30. The first-order valence-electron chi connectivity index (χ1n) is 11.3. The molecule has 3 aromatic heterocycles. The third-order valence-corrected chi connectivity index (χ3v) is 7.50. The number of thiazole rings is 1. The average Bonchev–Trinajstić information content (AvgIpc) is 3.43. The van der Waals surface area contributed by atoms with Gasteiger partial charge in [-0.2, -0.15) is 0 Å². The lowest BCUT2D eigenvalue weighted by molar-refractivity contribution is 0.0627. The van der Waals surface area contributed by atoms with Crippen LogP contribution >= 0.6 is 11.3 Å². The van der Waals surface area contributed by atoms with Gasteiger partial charge in [-0.25, -0.2) is 4.98 Å². The van der Waals surface area contributed by atoms with Crippen molar-refractivity contribution in [3.05, 3.63) is 68.7 Å². The molecule has 0 radical (unpaired) electrons. The van der Waals surface area contributed by atoms with Gasteiger partial charge in [-0.05, 0) is 49.4 Å². The molecule has 1 fully saturated rings. The summed E-state index contributed by atoms with van der Waals surface area (Å²) in [5, 5.41) is 3.09. The summed E-state index contributed by atoms with van der Waals surface area (Å²) < 4.78 is 1.57. The molecule has 1 N–H and O–H groups in total. The van der Waals surface area contributed by atoms with E-state index < -0.39 is 0 Å². The van der Waals surface area contributed by atoms with Crippen molar-refractivity contribution < 1.29 is 4.79 Å². The number of carbonyl (C=O) groups is 1. The second kappa shape index (κ2) is 7.86. The number of aromatic nitrogens is 3. The Morgan fingerprint density at radius 1 is 1.09 bits per heavy atom. The number of nitrogens with one attached hydrogen (secondary N) is 1. The number of aromatic amines is 1. The maximum Gasteiger partial charge on any atom is 0.258 e. The van der Waals surface area contributed by atoms with Crippen LogP contribution in [0.15, 0.2) is 40.6 Å². The molecule has 0 spiro atoms. The fourth-order valence-electron chi connectivity index (χ4n) is 5.03. The van der Waals surface area contributed by atoms with E-state index in [-0.39, 0.29) is 11.5 Å². The summed E-state index contributed by atoms with van der Waals surface area (Å²) in [6.07, 6.45) is 6.42. The summed E-state index contributed by atoms with van der Waals surface area (Å²) in [4.78, 5) is 38.5. The van der Waals surface area contributed by atoms with Crippen LogP contribution in [0.5, 0.6) is 0 Å². The van der Waals surface area contributed by atoms with Crippen LogP contribution in [0.1, 0.15) is 40.2 Å². The molecule has 1 aromatic carbocycles. The van der Waals surface area contributed by atoms with E-state index in [1.165, 1.54) is 40.8 Å². The molecular formula is C24H25N5O2S. The number of H-pyrrole nitrogens is 1. The molecule has 0 saturated carbocycles. The van der Waals surface area contributed by atoms with E-state index in [9.17, 15) is 9.59 Å². The molecule has 0 bridgehead atoms. The van der Waals surface area contributed by atoms with Crippen molar-refractivity contribution in [1.82, 2.24) is 24.2 Å². The summed E-state index contributed by atoms with van der Waals surface area (Å²) in [6.45, 7) is 3.55. The van der Waals surface area contributed by atoms with Gasteiger partial charge in [-0.15, -0.1) is 11.3 Å². The average molecular weight is 448 g/mol. The number of nitrogens with zero attached hydrogens (tertiary/aromatic N) is 4. The van der Waals surface area contributed by atoms with Crippen LogP contribution in [0.2, 0.25) is 0 Å². The standard InChI is InChI=1S/C24H25N5O2S/c30-22-14-17(25-24-29(22)11-12-32-24)15-27-7-9-28(10-8-27)23(31)16-5-6-21-19(13-16)18-3-1-2-4-20(18)26-21/h5-6,11-14,26H,1-4,7-10,15H2. The van der Waals surface area contributed by atoms with E-state index >= 15 is 0 Å². The Hall–Kier alpha value is -2.97. The van der Waals surface area contributed by atoms with Gasteiger partial charge in [0, 0.05) is 72.5 Å². The molecule has 4 aromatic rings. The highest BCUT2D eigenvalue weighted by molar-refractivity contribution is 7.15. The first kappa shape index (κ1) is 19.7. The maximum atomic E-state index is 13.2. The van der Waals surface area contributed by atoms with Gasteiger partial charge in [0.2, 0.25) is 0 Å². The zero-order valence-electron chi connectivity index (χ0n) is 17.8. The summed E-state index contributed by atoms with van der Waals surface area (Å²) in [5.41, 5.74) is 5.41. The van der Waals surface area contributed by atoms with Crippen molar-refractivity contribution in [2.75, 3.05) is 26.2 Å².